The highest BCUT2D eigenvalue weighted by Crippen LogP contribution is 2.34. The van der Waals surface area contributed by atoms with Gasteiger partial charge >= 0.3 is 11.7 Å². The lowest BCUT2D eigenvalue weighted by molar-refractivity contribution is -0.137. The van der Waals surface area contributed by atoms with Crippen molar-refractivity contribution < 1.29 is 9.90 Å². The number of aliphatic carboxylic acids is 1. The minimum absolute atomic E-state index is 0.450. The van der Waals surface area contributed by atoms with Crippen LogP contribution in [0.25, 0.3) is 10.2 Å². The van der Waals surface area contributed by atoms with Gasteiger partial charge in [0, 0.05) is 11.4 Å². The lowest BCUT2D eigenvalue weighted by atomic mass is 9.97. The SMILES string of the molecule is CCCn1c(=O)n(CC(=O)O)c(=O)c2c3c(sc21)CCCC3. The van der Waals surface area contributed by atoms with Gasteiger partial charge in [0.15, 0.2) is 0 Å². The summed E-state index contributed by atoms with van der Waals surface area (Å²) < 4.78 is 2.44. The first-order valence-electron chi connectivity index (χ1n) is 7.54. The third-order valence-corrected chi connectivity index (χ3v) is 5.37. The molecule has 3 rings (SSSR count). The Balaban J connectivity index is 2.39. The van der Waals surface area contributed by atoms with Crippen LogP contribution in [0.2, 0.25) is 0 Å². The molecule has 0 aromatic carbocycles. The molecule has 1 N–H and O–H groups in total. The van der Waals surface area contributed by atoms with Gasteiger partial charge in [-0.2, -0.15) is 0 Å². The summed E-state index contributed by atoms with van der Waals surface area (Å²) in [5.41, 5.74) is 0.0646. The molecular formula is C15H18N2O4S. The van der Waals surface area contributed by atoms with E-state index in [2.05, 4.69) is 0 Å². The normalized spacial score (nSPS) is 14.2. The molecule has 2 aromatic rings. The fourth-order valence-electron chi connectivity index (χ4n) is 3.11. The van der Waals surface area contributed by atoms with E-state index in [0.29, 0.717) is 16.8 Å². The molecule has 7 heteroatoms. The Morgan fingerprint density at radius 1 is 1.23 bits per heavy atom. The van der Waals surface area contributed by atoms with Gasteiger partial charge in [0.1, 0.15) is 11.4 Å². The Bertz CT molecular complexity index is 859. The molecule has 6 nitrogen and oxygen atoms in total. The Kier molecular flexibility index (Phi) is 3.90. The van der Waals surface area contributed by atoms with Gasteiger partial charge in [-0.1, -0.05) is 6.92 Å². The molecule has 0 radical (unpaired) electrons. The Morgan fingerprint density at radius 3 is 2.64 bits per heavy atom. The maximum atomic E-state index is 12.7. The molecule has 0 bridgehead atoms. The van der Waals surface area contributed by atoms with Crippen molar-refractivity contribution in [2.24, 2.45) is 0 Å². The maximum absolute atomic E-state index is 12.7. The van der Waals surface area contributed by atoms with Gasteiger partial charge in [-0.3, -0.25) is 14.2 Å². The highest BCUT2D eigenvalue weighted by Gasteiger charge is 2.23. The summed E-state index contributed by atoms with van der Waals surface area (Å²) in [6.45, 7) is 1.87. The number of aryl methyl sites for hydroxylation is 3. The molecule has 22 heavy (non-hydrogen) atoms. The maximum Gasteiger partial charge on any atom is 0.332 e. The average Bonchev–Trinajstić information content (AvgIpc) is 2.87. The monoisotopic (exact) mass is 322 g/mol. The summed E-state index contributed by atoms with van der Waals surface area (Å²) in [6.07, 6.45) is 4.66. The van der Waals surface area contributed by atoms with Crippen molar-refractivity contribution in [2.45, 2.75) is 52.1 Å². The highest BCUT2D eigenvalue weighted by atomic mass is 32.1. The van der Waals surface area contributed by atoms with Crippen LogP contribution in [0.15, 0.2) is 9.59 Å². The first-order valence-corrected chi connectivity index (χ1v) is 8.36. The number of nitrogens with zero attached hydrogens (tertiary/aromatic N) is 2. The standard InChI is InChI=1S/C15H18N2O4S/c1-2-7-16-14-12(9-5-3-4-6-10(9)22-14)13(20)17(15(16)21)8-11(18)19/h2-8H2,1H3,(H,18,19). The molecule has 0 fully saturated rings. The Labute approximate surface area is 130 Å². The summed E-state index contributed by atoms with van der Waals surface area (Å²) in [5, 5.41) is 9.56. The van der Waals surface area contributed by atoms with E-state index in [4.69, 9.17) is 5.11 Å². The number of rotatable bonds is 4. The molecule has 0 amide bonds. The third kappa shape index (κ3) is 2.29. The first kappa shape index (κ1) is 15.0. The topological polar surface area (TPSA) is 81.3 Å². The molecule has 2 heterocycles. The number of hydrogen-bond acceptors (Lipinski definition) is 4. The first-order chi connectivity index (χ1) is 10.5. The molecule has 0 unspecified atom stereocenters. The second kappa shape index (κ2) is 5.72. The van der Waals surface area contributed by atoms with Gasteiger partial charge in [0.2, 0.25) is 0 Å². The predicted molar refractivity (Wildman–Crippen MR) is 84.9 cm³/mol. The molecule has 0 saturated carbocycles. The van der Waals surface area contributed by atoms with Crippen molar-refractivity contribution in [1.29, 1.82) is 0 Å². The van der Waals surface area contributed by atoms with Gasteiger partial charge in [0.05, 0.1) is 5.39 Å². The molecule has 118 valence electrons. The fraction of sp³-hybridized carbons (Fsp3) is 0.533. The number of hydrogen-bond donors (Lipinski definition) is 1. The van der Waals surface area contributed by atoms with E-state index in [-0.39, 0.29) is 0 Å². The van der Waals surface area contributed by atoms with Crippen molar-refractivity contribution in [3.8, 4) is 0 Å². The van der Waals surface area contributed by atoms with E-state index >= 15 is 0 Å². The van der Waals surface area contributed by atoms with Crippen molar-refractivity contribution >= 4 is 27.5 Å². The van der Waals surface area contributed by atoms with Crippen molar-refractivity contribution in [2.75, 3.05) is 0 Å². The highest BCUT2D eigenvalue weighted by molar-refractivity contribution is 7.18. The number of thiophene rings is 1. The van der Waals surface area contributed by atoms with Crippen molar-refractivity contribution in [3.05, 3.63) is 31.3 Å². The van der Waals surface area contributed by atoms with Gasteiger partial charge < -0.3 is 5.11 Å². The minimum atomic E-state index is -1.18. The third-order valence-electron chi connectivity index (χ3n) is 4.06. The van der Waals surface area contributed by atoms with Crippen LogP contribution in [0.5, 0.6) is 0 Å². The van der Waals surface area contributed by atoms with Crippen LogP contribution in [0.4, 0.5) is 0 Å². The Hall–Kier alpha value is -1.89. The minimum Gasteiger partial charge on any atom is -0.480 e. The molecule has 0 saturated heterocycles. The summed E-state index contributed by atoms with van der Waals surface area (Å²) >= 11 is 1.52. The largest absolute Gasteiger partial charge is 0.480 e. The molecule has 2 aromatic heterocycles. The molecule has 0 aliphatic heterocycles. The zero-order chi connectivity index (χ0) is 15.9. The van der Waals surface area contributed by atoms with Crippen LogP contribution in [0, 0.1) is 0 Å². The molecule has 1 aliphatic rings. The smallest absolute Gasteiger partial charge is 0.332 e. The molecule has 0 spiro atoms. The summed E-state index contributed by atoms with van der Waals surface area (Å²) in [7, 11) is 0. The number of aromatic nitrogens is 2. The van der Waals surface area contributed by atoms with E-state index in [1.54, 1.807) is 4.57 Å². The van der Waals surface area contributed by atoms with E-state index in [9.17, 15) is 14.4 Å². The van der Waals surface area contributed by atoms with Crippen LogP contribution in [-0.2, 0) is 30.7 Å². The fourth-order valence-corrected chi connectivity index (χ4v) is 4.51. The Morgan fingerprint density at radius 2 is 1.95 bits per heavy atom. The van der Waals surface area contributed by atoms with Gasteiger partial charge in [-0.25, -0.2) is 9.36 Å². The van der Waals surface area contributed by atoms with E-state index in [1.165, 1.54) is 16.2 Å². The lowest BCUT2D eigenvalue weighted by Crippen LogP contribution is -2.41. The molecular weight excluding hydrogens is 304 g/mol. The van der Waals surface area contributed by atoms with Gasteiger partial charge in [-0.15, -0.1) is 11.3 Å². The van der Waals surface area contributed by atoms with Crippen LogP contribution < -0.4 is 11.2 Å². The van der Waals surface area contributed by atoms with Gasteiger partial charge in [0.25, 0.3) is 5.56 Å². The van der Waals surface area contributed by atoms with E-state index in [0.717, 1.165) is 42.2 Å². The van der Waals surface area contributed by atoms with Crippen LogP contribution in [0.3, 0.4) is 0 Å². The lowest BCUT2D eigenvalue weighted by Gasteiger charge is -2.11. The average molecular weight is 322 g/mol. The quantitative estimate of drug-likeness (QED) is 0.927. The number of carboxylic acid groups (broad SMARTS) is 1. The van der Waals surface area contributed by atoms with Crippen molar-refractivity contribution in [3.63, 3.8) is 0 Å². The van der Waals surface area contributed by atoms with E-state index < -0.39 is 23.8 Å². The zero-order valence-electron chi connectivity index (χ0n) is 12.4. The molecule has 1 aliphatic carbocycles. The van der Waals surface area contributed by atoms with Crippen LogP contribution >= 0.6 is 11.3 Å². The second-order valence-corrected chi connectivity index (χ2v) is 6.69. The zero-order valence-corrected chi connectivity index (χ0v) is 13.2. The van der Waals surface area contributed by atoms with Gasteiger partial charge in [-0.05, 0) is 37.7 Å². The second-order valence-electron chi connectivity index (χ2n) is 5.61. The van der Waals surface area contributed by atoms with E-state index in [1.807, 2.05) is 6.92 Å². The number of carbonyl (C=O) groups is 1. The summed E-state index contributed by atoms with van der Waals surface area (Å²) in [5.74, 6) is -1.18. The predicted octanol–water partition coefficient (Wildman–Crippen LogP) is 1.60. The summed E-state index contributed by atoms with van der Waals surface area (Å²) in [6, 6.07) is 0. The molecule has 0 atom stereocenters. The number of fused-ring (bicyclic) bond motifs is 3. The van der Waals surface area contributed by atoms with Crippen LogP contribution in [0.1, 0.15) is 36.6 Å². The number of carboxylic acids is 1. The van der Waals surface area contributed by atoms with Crippen molar-refractivity contribution in [1.82, 2.24) is 9.13 Å². The summed E-state index contributed by atoms with van der Waals surface area (Å²) in [4.78, 5) is 38.1. The van der Waals surface area contributed by atoms with Crippen LogP contribution in [-0.4, -0.2) is 20.2 Å².